The summed E-state index contributed by atoms with van der Waals surface area (Å²) in [5, 5.41) is 0. The molecule has 106 valence electrons. The van der Waals surface area contributed by atoms with Gasteiger partial charge < -0.3 is 9.88 Å². The molecule has 1 heterocycles. The highest BCUT2D eigenvalue weighted by atomic mass is 16.2. The van der Waals surface area contributed by atoms with Gasteiger partial charge in [-0.3, -0.25) is 4.79 Å². The molecule has 1 N–H and O–H groups in total. The molecular formula is C17H17N3O. The molecule has 4 nitrogen and oxygen atoms in total. The maximum Gasteiger partial charge on any atom is 0.258 e. The van der Waals surface area contributed by atoms with Crippen LogP contribution < -0.4 is 4.90 Å². The largest absolute Gasteiger partial charge is 0.342 e. The zero-order valence-corrected chi connectivity index (χ0v) is 12.3. The van der Waals surface area contributed by atoms with E-state index in [9.17, 15) is 4.79 Å². The van der Waals surface area contributed by atoms with Crippen LogP contribution in [0.2, 0.25) is 0 Å². The Morgan fingerprint density at radius 3 is 2.52 bits per heavy atom. The first kappa shape index (κ1) is 13.4. The van der Waals surface area contributed by atoms with Gasteiger partial charge in [0.15, 0.2) is 0 Å². The van der Waals surface area contributed by atoms with Crippen LogP contribution in [0.15, 0.2) is 42.5 Å². The highest BCUT2D eigenvalue weighted by Crippen LogP contribution is 2.21. The number of nitrogens with one attached hydrogen (secondary N) is 1. The van der Waals surface area contributed by atoms with Crippen molar-refractivity contribution in [2.24, 2.45) is 0 Å². The molecule has 0 spiro atoms. The summed E-state index contributed by atoms with van der Waals surface area (Å²) in [5.74, 6) is 0.847. The Kier molecular flexibility index (Phi) is 3.22. The van der Waals surface area contributed by atoms with E-state index in [2.05, 4.69) is 9.97 Å². The Morgan fingerprint density at radius 1 is 1.10 bits per heavy atom. The van der Waals surface area contributed by atoms with E-state index in [4.69, 9.17) is 0 Å². The molecule has 0 fully saturated rings. The average Bonchev–Trinajstić information content (AvgIpc) is 2.85. The summed E-state index contributed by atoms with van der Waals surface area (Å²) < 4.78 is 0. The Bertz CT molecular complexity index is 803. The van der Waals surface area contributed by atoms with E-state index in [0.717, 1.165) is 28.1 Å². The highest BCUT2D eigenvalue weighted by molar-refractivity contribution is 6.06. The lowest BCUT2D eigenvalue weighted by molar-refractivity contribution is 0.0993. The normalized spacial score (nSPS) is 10.8. The second-order valence-electron chi connectivity index (χ2n) is 5.25. The first-order valence-corrected chi connectivity index (χ1v) is 6.86. The lowest BCUT2D eigenvalue weighted by Gasteiger charge is -2.17. The van der Waals surface area contributed by atoms with Gasteiger partial charge in [-0.15, -0.1) is 0 Å². The quantitative estimate of drug-likeness (QED) is 0.781. The number of hydrogen-bond acceptors (Lipinski definition) is 2. The number of aromatic amines is 1. The molecule has 0 bridgehead atoms. The fourth-order valence-electron chi connectivity index (χ4n) is 2.34. The summed E-state index contributed by atoms with van der Waals surface area (Å²) in [6, 6.07) is 13.4. The lowest BCUT2D eigenvalue weighted by Crippen LogP contribution is -2.26. The molecule has 0 aliphatic carbocycles. The molecule has 0 radical (unpaired) electrons. The van der Waals surface area contributed by atoms with E-state index in [1.165, 1.54) is 0 Å². The first-order chi connectivity index (χ1) is 10.0. The molecule has 0 aliphatic rings. The van der Waals surface area contributed by atoms with Gasteiger partial charge in [0, 0.05) is 18.3 Å². The maximum atomic E-state index is 12.5. The van der Waals surface area contributed by atoms with Gasteiger partial charge in [0.2, 0.25) is 0 Å². The summed E-state index contributed by atoms with van der Waals surface area (Å²) in [6.45, 7) is 3.92. The molecule has 0 saturated carbocycles. The van der Waals surface area contributed by atoms with Gasteiger partial charge in [-0.2, -0.15) is 0 Å². The number of carbonyl (C=O) groups is 1. The molecule has 0 unspecified atom stereocenters. The van der Waals surface area contributed by atoms with E-state index in [1.54, 1.807) is 11.9 Å². The van der Waals surface area contributed by atoms with Crippen molar-refractivity contribution in [3.8, 4) is 0 Å². The van der Waals surface area contributed by atoms with Gasteiger partial charge in [-0.1, -0.05) is 17.7 Å². The monoisotopic (exact) mass is 279 g/mol. The molecule has 1 aromatic heterocycles. The third-order valence-corrected chi connectivity index (χ3v) is 3.57. The number of aryl methyl sites for hydroxylation is 2. The summed E-state index contributed by atoms with van der Waals surface area (Å²) in [6.07, 6.45) is 0. The van der Waals surface area contributed by atoms with E-state index >= 15 is 0 Å². The van der Waals surface area contributed by atoms with Crippen molar-refractivity contribution in [2.75, 3.05) is 11.9 Å². The summed E-state index contributed by atoms with van der Waals surface area (Å²) in [7, 11) is 1.78. The van der Waals surface area contributed by atoms with Gasteiger partial charge in [0.1, 0.15) is 5.82 Å². The SMILES string of the molecule is Cc1ccc(C(=O)N(C)c2ccc3nc(C)[nH]c3c2)cc1. The van der Waals surface area contributed by atoms with Crippen molar-refractivity contribution in [2.45, 2.75) is 13.8 Å². The number of fused-ring (bicyclic) bond motifs is 1. The average molecular weight is 279 g/mol. The fraction of sp³-hybridized carbons (Fsp3) is 0.176. The molecular weight excluding hydrogens is 262 g/mol. The van der Waals surface area contributed by atoms with Gasteiger partial charge in [-0.05, 0) is 44.2 Å². The van der Waals surface area contributed by atoms with E-state index in [1.807, 2.05) is 56.3 Å². The topological polar surface area (TPSA) is 49.0 Å². The number of hydrogen-bond donors (Lipinski definition) is 1. The molecule has 0 aliphatic heterocycles. The Hall–Kier alpha value is -2.62. The van der Waals surface area contributed by atoms with Crippen molar-refractivity contribution < 1.29 is 4.79 Å². The Balaban J connectivity index is 1.93. The lowest BCUT2D eigenvalue weighted by atomic mass is 10.1. The number of H-pyrrole nitrogens is 1. The minimum Gasteiger partial charge on any atom is -0.342 e. The van der Waals surface area contributed by atoms with Crippen LogP contribution in [-0.2, 0) is 0 Å². The minimum atomic E-state index is -0.0226. The zero-order chi connectivity index (χ0) is 15.0. The molecule has 2 aromatic carbocycles. The standard InChI is InChI=1S/C17H17N3O/c1-11-4-6-13(7-5-11)17(21)20(3)14-8-9-15-16(10-14)19-12(2)18-15/h4-10H,1-3H3,(H,18,19). The molecule has 21 heavy (non-hydrogen) atoms. The first-order valence-electron chi connectivity index (χ1n) is 6.86. The van der Waals surface area contributed by atoms with Crippen molar-refractivity contribution in [1.82, 2.24) is 9.97 Å². The molecule has 0 atom stereocenters. The number of imidazole rings is 1. The second kappa shape index (κ2) is 5.05. The van der Waals surface area contributed by atoms with E-state index in [0.29, 0.717) is 5.56 Å². The van der Waals surface area contributed by atoms with Crippen LogP contribution >= 0.6 is 0 Å². The van der Waals surface area contributed by atoms with Gasteiger partial charge >= 0.3 is 0 Å². The minimum absolute atomic E-state index is 0.0226. The summed E-state index contributed by atoms with van der Waals surface area (Å²) >= 11 is 0. The third-order valence-electron chi connectivity index (χ3n) is 3.57. The van der Waals surface area contributed by atoms with Crippen LogP contribution in [0, 0.1) is 13.8 Å². The Morgan fingerprint density at radius 2 is 1.81 bits per heavy atom. The number of aromatic nitrogens is 2. The van der Waals surface area contributed by atoms with Crippen LogP contribution in [0.4, 0.5) is 5.69 Å². The van der Waals surface area contributed by atoms with E-state index < -0.39 is 0 Å². The number of nitrogens with zero attached hydrogens (tertiary/aromatic N) is 2. The maximum absolute atomic E-state index is 12.5. The molecule has 3 aromatic rings. The predicted molar refractivity (Wildman–Crippen MR) is 84.7 cm³/mol. The summed E-state index contributed by atoms with van der Waals surface area (Å²) in [4.78, 5) is 21.7. The number of benzene rings is 2. The molecule has 0 saturated heterocycles. The second-order valence-corrected chi connectivity index (χ2v) is 5.25. The zero-order valence-electron chi connectivity index (χ0n) is 12.3. The van der Waals surface area contributed by atoms with Crippen LogP contribution in [-0.4, -0.2) is 22.9 Å². The van der Waals surface area contributed by atoms with Crippen LogP contribution in [0.1, 0.15) is 21.7 Å². The van der Waals surface area contributed by atoms with Crippen molar-refractivity contribution in [3.05, 3.63) is 59.4 Å². The Labute approximate surface area is 123 Å². The van der Waals surface area contributed by atoms with Gasteiger partial charge in [0.25, 0.3) is 5.91 Å². The number of rotatable bonds is 2. The third kappa shape index (κ3) is 2.52. The fourth-order valence-corrected chi connectivity index (χ4v) is 2.34. The van der Waals surface area contributed by atoms with Gasteiger partial charge in [0.05, 0.1) is 11.0 Å². The van der Waals surface area contributed by atoms with Crippen LogP contribution in [0.25, 0.3) is 11.0 Å². The summed E-state index contributed by atoms with van der Waals surface area (Å²) in [5.41, 5.74) is 4.52. The van der Waals surface area contributed by atoms with Crippen LogP contribution in [0.3, 0.4) is 0 Å². The van der Waals surface area contributed by atoms with E-state index in [-0.39, 0.29) is 5.91 Å². The number of anilines is 1. The smallest absolute Gasteiger partial charge is 0.258 e. The number of carbonyl (C=O) groups excluding carboxylic acids is 1. The molecule has 1 amide bonds. The predicted octanol–water partition coefficient (Wildman–Crippen LogP) is 3.46. The van der Waals surface area contributed by atoms with Crippen molar-refractivity contribution >= 4 is 22.6 Å². The van der Waals surface area contributed by atoms with Crippen LogP contribution in [0.5, 0.6) is 0 Å². The molecule has 3 rings (SSSR count). The van der Waals surface area contributed by atoms with Crippen molar-refractivity contribution in [3.63, 3.8) is 0 Å². The molecule has 4 heteroatoms. The number of amides is 1. The van der Waals surface area contributed by atoms with Gasteiger partial charge in [-0.25, -0.2) is 4.98 Å². The highest BCUT2D eigenvalue weighted by Gasteiger charge is 2.14. The van der Waals surface area contributed by atoms with Crippen molar-refractivity contribution in [1.29, 1.82) is 0 Å².